The highest BCUT2D eigenvalue weighted by Gasteiger charge is 2.39. The van der Waals surface area contributed by atoms with E-state index in [0.717, 1.165) is 18.8 Å². The molecule has 0 amide bonds. The van der Waals surface area contributed by atoms with Gasteiger partial charge in [-0.15, -0.1) is 0 Å². The Morgan fingerprint density at radius 1 is 1.35 bits per heavy atom. The molecule has 0 fully saturated rings. The van der Waals surface area contributed by atoms with E-state index in [4.69, 9.17) is 20.8 Å². The highest BCUT2D eigenvalue weighted by molar-refractivity contribution is 6.28. The first-order valence-electron chi connectivity index (χ1n) is 6.17. The summed E-state index contributed by atoms with van der Waals surface area (Å²) in [5.41, 5.74) is 3.17. The van der Waals surface area contributed by atoms with Crippen LogP contribution in [0.4, 0.5) is 0 Å². The Balaban J connectivity index is 1.98. The second-order valence-electron chi connectivity index (χ2n) is 5.57. The molecule has 3 heteroatoms. The van der Waals surface area contributed by atoms with Crippen molar-refractivity contribution in [2.75, 3.05) is 6.61 Å². The van der Waals surface area contributed by atoms with Gasteiger partial charge >= 0.3 is 0 Å². The van der Waals surface area contributed by atoms with Crippen LogP contribution in [-0.2, 0) is 4.74 Å². The lowest BCUT2D eigenvalue weighted by atomic mass is 9.72. The van der Waals surface area contributed by atoms with Crippen LogP contribution in [0.25, 0.3) is 0 Å². The molecular weight excluding hydrogens is 236 g/mol. The van der Waals surface area contributed by atoms with Gasteiger partial charge in [-0.2, -0.15) is 0 Å². The topological polar surface area (TPSA) is 22.4 Å². The fourth-order valence-electron chi connectivity index (χ4n) is 3.02. The second kappa shape index (κ2) is 3.89. The molecule has 2 aliphatic rings. The van der Waals surface area contributed by atoms with Crippen molar-refractivity contribution >= 4 is 11.6 Å². The smallest absolute Gasteiger partial charge is 0.193 e. The first kappa shape index (κ1) is 11.4. The Bertz CT molecular complexity index is 470. The molecule has 1 atom stereocenters. The molecule has 0 saturated carbocycles. The van der Waals surface area contributed by atoms with Gasteiger partial charge in [-0.25, -0.2) is 0 Å². The Hall–Kier alpha value is -0.730. The van der Waals surface area contributed by atoms with Gasteiger partial charge in [0.2, 0.25) is 0 Å². The molecule has 1 aromatic heterocycles. The Morgan fingerprint density at radius 3 is 2.88 bits per heavy atom. The van der Waals surface area contributed by atoms with Gasteiger partial charge in [-0.3, -0.25) is 0 Å². The van der Waals surface area contributed by atoms with Crippen LogP contribution >= 0.6 is 11.6 Å². The van der Waals surface area contributed by atoms with Crippen molar-refractivity contribution in [3.8, 4) is 0 Å². The number of rotatable bonds is 1. The lowest BCUT2D eigenvalue weighted by Crippen LogP contribution is -2.20. The molecule has 1 aromatic rings. The van der Waals surface area contributed by atoms with Gasteiger partial charge in [0, 0.05) is 0 Å². The SMILES string of the molecule is CC1(C)CCCC2=C1COC2c1ccc(Cl)o1. The van der Waals surface area contributed by atoms with Crippen LogP contribution in [0, 0.1) is 5.41 Å². The molecule has 17 heavy (non-hydrogen) atoms. The maximum absolute atomic E-state index is 5.91. The predicted octanol–water partition coefficient (Wildman–Crippen LogP) is 4.51. The van der Waals surface area contributed by atoms with Gasteiger partial charge in [0.15, 0.2) is 5.22 Å². The van der Waals surface area contributed by atoms with E-state index in [2.05, 4.69) is 13.8 Å². The Labute approximate surface area is 107 Å². The van der Waals surface area contributed by atoms with E-state index < -0.39 is 0 Å². The predicted molar refractivity (Wildman–Crippen MR) is 67.1 cm³/mol. The van der Waals surface area contributed by atoms with Crippen molar-refractivity contribution in [3.63, 3.8) is 0 Å². The highest BCUT2D eigenvalue weighted by atomic mass is 35.5. The van der Waals surface area contributed by atoms with Gasteiger partial charge in [-0.1, -0.05) is 13.8 Å². The fourth-order valence-corrected chi connectivity index (χ4v) is 3.18. The van der Waals surface area contributed by atoms with Crippen molar-refractivity contribution in [2.24, 2.45) is 5.41 Å². The molecule has 2 heterocycles. The van der Waals surface area contributed by atoms with Gasteiger partial charge in [-0.05, 0) is 59.6 Å². The number of hydrogen-bond donors (Lipinski definition) is 0. The van der Waals surface area contributed by atoms with E-state index in [1.807, 2.05) is 6.07 Å². The van der Waals surface area contributed by atoms with Gasteiger partial charge in [0.1, 0.15) is 11.9 Å². The van der Waals surface area contributed by atoms with Crippen molar-refractivity contribution in [3.05, 3.63) is 34.3 Å². The Kier molecular flexibility index (Phi) is 2.60. The lowest BCUT2D eigenvalue weighted by Gasteiger charge is -2.31. The summed E-state index contributed by atoms with van der Waals surface area (Å²) in [6, 6.07) is 3.71. The third-order valence-corrected chi connectivity index (χ3v) is 4.22. The number of ether oxygens (including phenoxy) is 1. The molecule has 92 valence electrons. The van der Waals surface area contributed by atoms with Crippen LogP contribution in [0.3, 0.4) is 0 Å². The normalized spacial score (nSPS) is 27.4. The molecule has 0 bridgehead atoms. The fraction of sp³-hybridized carbons (Fsp3) is 0.571. The maximum atomic E-state index is 5.91. The average molecular weight is 253 g/mol. The van der Waals surface area contributed by atoms with E-state index in [1.165, 1.54) is 24.0 Å². The summed E-state index contributed by atoms with van der Waals surface area (Å²) in [4.78, 5) is 0. The summed E-state index contributed by atoms with van der Waals surface area (Å²) < 4.78 is 11.4. The standard InChI is InChI=1S/C14H17ClO2/c1-14(2)7-3-4-9-10(14)8-16-13(9)11-5-6-12(15)17-11/h5-6,13H,3-4,7-8H2,1-2H3. The summed E-state index contributed by atoms with van der Waals surface area (Å²) in [5, 5.41) is 0.438. The zero-order chi connectivity index (χ0) is 12.0. The second-order valence-corrected chi connectivity index (χ2v) is 5.95. The van der Waals surface area contributed by atoms with Gasteiger partial charge < -0.3 is 9.15 Å². The molecule has 0 aromatic carbocycles. The molecule has 1 unspecified atom stereocenters. The molecule has 0 spiro atoms. The molecule has 3 rings (SSSR count). The van der Waals surface area contributed by atoms with Crippen molar-refractivity contribution in [1.29, 1.82) is 0 Å². The number of halogens is 1. The molecule has 0 N–H and O–H groups in total. The van der Waals surface area contributed by atoms with Gasteiger partial charge in [0.05, 0.1) is 6.61 Å². The molecule has 0 saturated heterocycles. The van der Waals surface area contributed by atoms with Crippen LogP contribution in [0.5, 0.6) is 0 Å². The molecule has 2 nitrogen and oxygen atoms in total. The van der Waals surface area contributed by atoms with E-state index in [9.17, 15) is 0 Å². The van der Waals surface area contributed by atoms with E-state index in [-0.39, 0.29) is 11.5 Å². The zero-order valence-electron chi connectivity index (χ0n) is 10.3. The summed E-state index contributed by atoms with van der Waals surface area (Å²) in [5.74, 6) is 0.845. The van der Waals surface area contributed by atoms with Crippen molar-refractivity contribution in [1.82, 2.24) is 0 Å². The van der Waals surface area contributed by atoms with E-state index in [0.29, 0.717) is 5.22 Å². The summed E-state index contributed by atoms with van der Waals surface area (Å²) in [6.07, 6.45) is 3.61. The van der Waals surface area contributed by atoms with E-state index in [1.54, 1.807) is 6.07 Å². The third kappa shape index (κ3) is 1.84. The molecule has 1 aliphatic carbocycles. The number of furan rings is 1. The van der Waals surface area contributed by atoms with Crippen LogP contribution in [0.15, 0.2) is 27.7 Å². The zero-order valence-corrected chi connectivity index (χ0v) is 11.0. The third-order valence-electron chi connectivity index (χ3n) is 4.02. The molecule has 1 aliphatic heterocycles. The molecular formula is C14H17ClO2. The summed E-state index contributed by atoms with van der Waals surface area (Å²) >= 11 is 5.83. The summed E-state index contributed by atoms with van der Waals surface area (Å²) in [7, 11) is 0. The average Bonchev–Trinajstić information content (AvgIpc) is 2.84. The lowest BCUT2D eigenvalue weighted by molar-refractivity contribution is 0.0989. The Morgan fingerprint density at radius 2 is 2.18 bits per heavy atom. The van der Waals surface area contributed by atoms with Crippen molar-refractivity contribution in [2.45, 2.75) is 39.2 Å². The number of hydrogen-bond acceptors (Lipinski definition) is 2. The van der Waals surface area contributed by atoms with Crippen LogP contribution in [0.2, 0.25) is 5.22 Å². The minimum atomic E-state index is -0.00271. The monoisotopic (exact) mass is 252 g/mol. The van der Waals surface area contributed by atoms with E-state index >= 15 is 0 Å². The largest absolute Gasteiger partial charge is 0.447 e. The quantitative estimate of drug-likeness (QED) is 0.686. The molecule has 0 radical (unpaired) electrons. The first-order chi connectivity index (χ1) is 8.08. The summed E-state index contributed by atoms with van der Waals surface area (Å²) in [6.45, 7) is 5.36. The van der Waals surface area contributed by atoms with Gasteiger partial charge in [0.25, 0.3) is 0 Å². The maximum Gasteiger partial charge on any atom is 0.193 e. The van der Waals surface area contributed by atoms with Crippen molar-refractivity contribution < 1.29 is 9.15 Å². The minimum Gasteiger partial charge on any atom is -0.447 e. The van der Waals surface area contributed by atoms with Crippen LogP contribution in [-0.4, -0.2) is 6.61 Å². The highest BCUT2D eigenvalue weighted by Crippen LogP contribution is 2.49. The van der Waals surface area contributed by atoms with Crippen LogP contribution < -0.4 is 0 Å². The van der Waals surface area contributed by atoms with Crippen LogP contribution in [0.1, 0.15) is 45.0 Å². The first-order valence-corrected chi connectivity index (χ1v) is 6.55. The minimum absolute atomic E-state index is 0.00271.